The van der Waals surface area contributed by atoms with Gasteiger partial charge < -0.3 is 0 Å². The molecule has 0 bridgehead atoms. The van der Waals surface area contributed by atoms with Crippen LogP contribution in [0.3, 0.4) is 0 Å². The first-order chi connectivity index (χ1) is 13.1. The van der Waals surface area contributed by atoms with Crippen LogP contribution in [0.15, 0.2) is 65.3 Å². The fraction of sp³-hybridized carbons (Fsp3) is 0.320. The predicted octanol–water partition coefficient (Wildman–Crippen LogP) is 7.77. The van der Waals surface area contributed by atoms with Gasteiger partial charge in [-0.15, -0.1) is 0 Å². The van der Waals surface area contributed by atoms with E-state index in [1.165, 1.54) is 16.7 Å². The Morgan fingerprint density at radius 2 is 1.57 bits per heavy atom. The van der Waals surface area contributed by atoms with Crippen LogP contribution in [0.2, 0.25) is 10.0 Å². The van der Waals surface area contributed by atoms with Crippen LogP contribution < -0.4 is 0 Å². The lowest BCUT2D eigenvalue weighted by atomic mass is 9.75. The lowest BCUT2D eigenvalue weighted by Crippen LogP contribution is -2.25. The summed E-state index contributed by atoms with van der Waals surface area (Å²) in [6, 6.07) is 16.1. The lowest BCUT2D eigenvalue weighted by molar-refractivity contribution is -0.122. The third-order valence-electron chi connectivity index (χ3n) is 5.79. The molecule has 2 aromatic carbocycles. The molecule has 0 spiro atoms. The van der Waals surface area contributed by atoms with Gasteiger partial charge in [-0.1, -0.05) is 79.0 Å². The first-order valence-corrected chi connectivity index (χ1v) is 10.3. The topological polar surface area (TPSA) is 17.1 Å². The zero-order valence-corrected chi connectivity index (χ0v) is 18.6. The van der Waals surface area contributed by atoms with Crippen molar-refractivity contribution >= 4 is 34.6 Å². The van der Waals surface area contributed by atoms with E-state index in [0.29, 0.717) is 10.0 Å². The van der Waals surface area contributed by atoms with Crippen LogP contribution in [0.1, 0.15) is 52.2 Å². The maximum Gasteiger partial charge on any atom is 0.134 e. The van der Waals surface area contributed by atoms with E-state index in [1.807, 2.05) is 36.4 Å². The second kappa shape index (κ2) is 7.89. The van der Waals surface area contributed by atoms with Gasteiger partial charge in [-0.25, -0.2) is 0 Å². The number of hydrogen-bond acceptors (Lipinski definition) is 1. The van der Waals surface area contributed by atoms with Crippen molar-refractivity contribution in [2.75, 3.05) is 0 Å². The third-order valence-corrected chi connectivity index (χ3v) is 6.53. The monoisotopic (exact) mass is 412 g/mol. The van der Waals surface area contributed by atoms with Crippen LogP contribution in [0.4, 0.5) is 0 Å². The number of ketones is 1. The number of benzene rings is 2. The molecule has 1 saturated carbocycles. The molecule has 0 amide bonds. The first-order valence-electron chi connectivity index (χ1n) is 9.57. The maximum absolute atomic E-state index is 12.5. The van der Waals surface area contributed by atoms with E-state index < -0.39 is 0 Å². The fourth-order valence-electron chi connectivity index (χ4n) is 4.72. The van der Waals surface area contributed by atoms with Gasteiger partial charge in [0, 0.05) is 5.92 Å². The summed E-state index contributed by atoms with van der Waals surface area (Å²) < 4.78 is 0. The van der Waals surface area contributed by atoms with E-state index >= 15 is 0 Å². The first kappa shape index (κ1) is 20.9. The highest BCUT2D eigenvalue weighted by Crippen LogP contribution is 2.54. The normalized spacial score (nSPS) is 20.2. The Morgan fingerprint density at radius 1 is 0.929 bits per heavy atom. The number of Topliss-reactive ketones (excluding diaryl/α,β-unsaturated/α-hetero) is 1. The molecule has 146 valence electrons. The molecule has 28 heavy (non-hydrogen) atoms. The van der Waals surface area contributed by atoms with E-state index in [4.69, 9.17) is 23.2 Å². The van der Waals surface area contributed by atoms with Crippen molar-refractivity contribution in [1.29, 1.82) is 0 Å². The van der Waals surface area contributed by atoms with Crippen molar-refractivity contribution in [3.8, 4) is 0 Å². The Balaban J connectivity index is 2.38. The molecule has 1 fully saturated rings. The maximum atomic E-state index is 12.5. The van der Waals surface area contributed by atoms with Crippen molar-refractivity contribution in [2.24, 2.45) is 11.3 Å². The molecular formula is C25H26Cl2O. The Kier molecular flexibility index (Phi) is 5.89. The van der Waals surface area contributed by atoms with Gasteiger partial charge in [-0.05, 0) is 72.6 Å². The van der Waals surface area contributed by atoms with Crippen LogP contribution in [-0.4, -0.2) is 5.78 Å². The van der Waals surface area contributed by atoms with Gasteiger partial charge in [0.2, 0.25) is 0 Å². The van der Waals surface area contributed by atoms with E-state index in [9.17, 15) is 4.79 Å². The van der Waals surface area contributed by atoms with Crippen molar-refractivity contribution in [1.82, 2.24) is 0 Å². The van der Waals surface area contributed by atoms with Crippen molar-refractivity contribution in [3.63, 3.8) is 0 Å². The highest BCUT2D eigenvalue weighted by Gasteiger charge is 2.45. The van der Waals surface area contributed by atoms with E-state index in [-0.39, 0.29) is 17.1 Å². The van der Waals surface area contributed by atoms with Crippen molar-refractivity contribution in [3.05, 3.63) is 86.4 Å². The Bertz CT molecular complexity index is 977. The van der Waals surface area contributed by atoms with Crippen molar-refractivity contribution in [2.45, 2.75) is 41.0 Å². The molecule has 0 heterocycles. The van der Waals surface area contributed by atoms with Gasteiger partial charge in [0.15, 0.2) is 0 Å². The molecular weight excluding hydrogens is 387 g/mol. The quantitative estimate of drug-likeness (QED) is 0.502. The molecule has 0 saturated heterocycles. The molecule has 2 aromatic rings. The minimum atomic E-state index is -0.212. The summed E-state index contributed by atoms with van der Waals surface area (Å²) in [5.41, 5.74) is 6.82. The summed E-state index contributed by atoms with van der Waals surface area (Å²) in [5, 5.41) is 1.07. The molecule has 0 aromatic heterocycles. The van der Waals surface area contributed by atoms with Crippen LogP contribution in [-0.2, 0) is 4.79 Å². The minimum Gasteiger partial charge on any atom is -0.300 e. The van der Waals surface area contributed by atoms with Gasteiger partial charge in [-0.2, -0.15) is 0 Å². The number of allylic oxidation sites excluding steroid dienone is 3. The summed E-state index contributed by atoms with van der Waals surface area (Å²) in [5.74, 6) is 0.203. The smallest absolute Gasteiger partial charge is 0.134 e. The van der Waals surface area contributed by atoms with Crippen molar-refractivity contribution < 1.29 is 4.79 Å². The summed E-state index contributed by atoms with van der Waals surface area (Å²) >= 11 is 12.5. The Morgan fingerprint density at radius 3 is 2.11 bits per heavy atom. The summed E-state index contributed by atoms with van der Waals surface area (Å²) in [6.45, 7) is 10.4. The van der Waals surface area contributed by atoms with Crippen LogP contribution in [0.5, 0.6) is 0 Å². The third kappa shape index (κ3) is 3.71. The molecule has 0 N–H and O–H groups in total. The molecule has 0 aliphatic heterocycles. The second-order valence-electron chi connectivity index (χ2n) is 8.31. The summed E-state index contributed by atoms with van der Waals surface area (Å²) in [7, 11) is 0. The SMILES string of the molecule is CC(=O)C1C/C(=C(/c2ccccc2)c2ccc(Cl)c(Cl)c2)C(=C(C)C)C1(C)C. The molecule has 1 nitrogen and oxygen atoms in total. The number of rotatable bonds is 3. The second-order valence-corrected chi connectivity index (χ2v) is 9.13. The molecule has 1 atom stereocenters. The highest BCUT2D eigenvalue weighted by molar-refractivity contribution is 6.42. The summed E-state index contributed by atoms with van der Waals surface area (Å²) in [4.78, 5) is 12.5. The highest BCUT2D eigenvalue weighted by atomic mass is 35.5. The predicted molar refractivity (Wildman–Crippen MR) is 120 cm³/mol. The molecule has 1 unspecified atom stereocenters. The average Bonchev–Trinajstić information content (AvgIpc) is 2.90. The van der Waals surface area contributed by atoms with Gasteiger partial charge in [0.25, 0.3) is 0 Å². The van der Waals surface area contributed by atoms with Crippen LogP contribution in [0.25, 0.3) is 5.57 Å². The van der Waals surface area contributed by atoms with E-state index in [2.05, 4.69) is 39.8 Å². The largest absolute Gasteiger partial charge is 0.300 e. The van der Waals surface area contributed by atoms with Gasteiger partial charge in [0.05, 0.1) is 10.0 Å². The number of carbonyl (C=O) groups excluding carboxylic acids is 1. The molecule has 3 rings (SSSR count). The van der Waals surface area contributed by atoms with Crippen LogP contribution in [0, 0.1) is 11.3 Å². The number of hydrogen-bond donors (Lipinski definition) is 0. The van der Waals surface area contributed by atoms with Gasteiger partial charge in [-0.3, -0.25) is 4.79 Å². The van der Waals surface area contributed by atoms with E-state index in [1.54, 1.807) is 6.92 Å². The summed E-state index contributed by atoms with van der Waals surface area (Å²) in [6.07, 6.45) is 0.729. The minimum absolute atomic E-state index is 0.0334. The zero-order valence-electron chi connectivity index (χ0n) is 17.1. The fourth-order valence-corrected chi connectivity index (χ4v) is 5.02. The van der Waals surface area contributed by atoms with Crippen LogP contribution >= 0.6 is 23.2 Å². The average molecular weight is 413 g/mol. The Hall–Kier alpha value is -1.83. The molecule has 1 aliphatic carbocycles. The molecule has 1 aliphatic rings. The van der Waals surface area contributed by atoms with Gasteiger partial charge in [0.1, 0.15) is 5.78 Å². The standard InChI is InChI=1S/C25H26Cl2O/c1-15(2)24-19(14-20(16(3)28)25(24,4)5)23(17-9-7-6-8-10-17)18-11-12-21(26)22(27)13-18/h6-13,20H,14H2,1-5H3/b23-19+. The molecule has 0 radical (unpaired) electrons. The Labute approximate surface area is 178 Å². The molecule has 3 heteroatoms. The zero-order chi connectivity index (χ0) is 20.6. The van der Waals surface area contributed by atoms with Gasteiger partial charge >= 0.3 is 0 Å². The lowest BCUT2D eigenvalue weighted by Gasteiger charge is -2.28. The number of carbonyl (C=O) groups is 1. The van der Waals surface area contributed by atoms with E-state index in [0.717, 1.165) is 23.1 Å². The number of halogens is 2.